The highest BCUT2D eigenvalue weighted by atomic mass is 16.5. The molecule has 0 N–H and O–H groups in total. The van der Waals surface area contributed by atoms with E-state index in [0.717, 1.165) is 55.3 Å². The zero-order valence-electron chi connectivity index (χ0n) is 21.6. The van der Waals surface area contributed by atoms with Crippen LogP contribution in [0.2, 0.25) is 0 Å². The van der Waals surface area contributed by atoms with Gasteiger partial charge in [0.05, 0.1) is 0 Å². The molecule has 0 saturated heterocycles. The van der Waals surface area contributed by atoms with Gasteiger partial charge in [-0.05, 0) is 74.5 Å². The van der Waals surface area contributed by atoms with E-state index in [1.165, 1.54) is 103 Å². The second-order valence-electron chi connectivity index (χ2n) is 11.9. The van der Waals surface area contributed by atoms with Crippen LogP contribution in [-0.4, -0.2) is 12.1 Å². The summed E-state index contributed by atoms with van der Waals surface area (Å²) < 4.78 is 5.73. The Morgan fingerprint density at radius 2 is 1.06 bits per heavy atom. The molecule has 3 rings (SSSR count). The Labute approximate surface area is 200 Å². The predicted molar refractivity (Wildman–Crippen MR) is 136 cm³/mol. The maximum atomic E-state index is 11.9. The highest BCUT2D eigenvalue weighted by Crippen LogP contribution is 2.43. The van der Waals surface area contributed by atoms with E-state index in [0.29, 0.717) is 6.42 Å². The van der Waals surface area contributed by atoms with E-state index in [-0.39, 0.29) is 12.1 Å². The molecule has 0 aromatic heterocycles. The van der Waals surface area contributed by atoms with Gasteiger partial charge in [0.15, 0.2) is 0 Å². The molecular formula is C30H54O2. The maximum Gasteiger partial charge on any atom is 0.306 e. The van der Waals surface area contributed by atoms with E-state index in [4.69, 9.17) is 4.74 Å². The van der Waals surface area contributed by atoms with Crippen molar-refractivity contribution in [3.8, 4) is 0 Å². The summed E-state index contributed by atoms with van der Waals surface area (Å²) in [5.41, 5.74) is 0. The molecule has 32 heavy (non-hydrogen) atoms. The number of rotatable bonds is 12. The first-order valence-electron chi connectivity index (χ1n) is 14.9. The second-order valence-corrected chi connectivity index (χ2v) is 11.9. The molecule has 0 aromatic carbocycles. The maximum absolute atomic E-state index is 11.9. The number of carbonyl (C=O) groups is 1. The van der Waals surface area contributed by atoms with Gasteiger partial charge in [-0.1, -0.05) is 97.3 Å². The molecule has 0 unspecified atom stereocenters. The molecule has 2 nitrogen and oxygen atoms in total. The quantitative estimate of drug-likeness (QED) is 0.220. The van der Waals surface area contributed by atoms with Gasteiger partial charge < -0.3 is 4.74 Å². The van der Waals surface area contributed by atoms with Crippen LogP contribution in [0.15, 0.2) is 0 Å². The van der Waals surface area contributed by atoms with Crippen LogP contribution in [0.5, 0.6) is 0 Å². The first-order valence-corrected chi connectivity index (χ1v) is 14.9. The summed E-state index contributed by atoms with van der Waals surface area (Å²) in [5.74, 6) is 5.03. The highest BCUT2D eigenvalue weighted by Gasteiger charge is 2.32. The first kappa shape index (κ1) is 26.1. The Hall–Kier alpha value is -0.530. The molecule has 0 radical (unpaired) electrons. The molecule has 3 fully saturated rings. The standard InChI is InChI=1S/C30H54O2/c1-3-5-7-8-24-10-12-25(13-11-24)14-15-26-16-18-27(19-17-26)28-20-22-29(23-21-28)32-30(31)9-6-4-2/h24-29H,3-23H2,1-2H3. The molecule has 0 aliphatic heterocycles. The van der Waals surface area contributed by atoms with Crippen molar-refractivity contribution in [3.05, 3.63) is 0 Å². The van der Waals surface area contributed by atoms with Crippen LogP contribution in [-0.2, 0) is 9.53 Å². The molecule has 0 atom stereocenters. The van der Waals surface area contributed by atoms with E-state index in [9.17, 15) is 4.79 Å². The number of unbranched alkanes of at least 4 members (excludes halogenated alkanes) is 3. The van der Waals surface area contributed by atoms with Crippen LogP contribution in [0.4, 0.5) is 0 Å². The van der Waals surface area contributed by atoms with Crippen molar-refractivity contribution in [3.63, 3.8) is 0 Å². The van der Waals surface area contributed by atoms with Crippen LogP contribution in [0.3, 0.4) is 0 Å². The lowest BCUT2D eigenvalue weighted by Crippen LogP contribution is -2.29. The van der Waals surface area contributed by atoms with Gasteiger partial charge in [0, 0.05) is 6.42 Å². The smallest absolute Gasteiger partial charge is 0.306 e. The molecule has 0 spiro atoms. The van der Waals surface area contributed by atoms with Gasteiger partial charge in [0.2, 0.25) is 0 Å². The van der Waals surface area contributed by atoms with Gasteiger partial charge in [-0.25, -0.2) is 0 Å². The van der Waals surface area contributed by atoms with E-state index < -0.39 is 0 Å². The molecule has 0 heterocycles. The van der Waals surface area contributed by atoms with Crippen molar-refractivity contribution in [2.24, 2.45) is 29.6 Å². The number of esters is 1. The van der Waals surface area contributed by atoms with Crippen LogP contribution < -0.4 is 0 Å². The summed E-state index contributed by atoms with van der Waals surface area (Å²) in [6.07, 6.45) is 28.5. The number of hydrogen-bond acceptors (Lipinski definition) is 2. The molecule has 3 saturated carbocycles. The van der Waals surface area contributed by atoms with Crippen molar-refractivity contribution in [1.29, 1.82) is 0 Å². The van der Waals surface area contributed by atoms with Gasteiger partial charge in [-0.2, -0.15) is 0 Å². The topological polar surface area (TPSA) is 26.3 Å². The van der Waals surface area contributed by atoms with E-state index in [2.05, 4.69) is 13.8 Å². The first-order chi connectivity index (χ1) is 15.7. The summed E-state index contributed by atoms with van der Waals surface area (Å²) in [5, 5.41) is 0. The van der Waals surface area contributed by atoms with Crippen molar-refractivity contribution < 1.29 is 9.53 Å². The van der Waals surface area contributed by atoms with Crippen molar-refractivity contribution in [2.45, 2.75) is 155 Å². The Morgan fingerprint density at radius 3 is 1.59 bits per heavy atom. The van der Waals surface area contributed by atoms with Gasteiger partial charge in [0.25, 0.3) is 0 Å². The lowest BCUT2D eigenvalue weighted by atomic mass is 9.69. The minimum absolute atomic E-state index is 0.0424. The SMILES string of the molecule is CCCCCC1CCC(CCC2CCC(C3CCC(OC(=O)CCCC)CC3)CC2)CC1. The predicted octanol–water partition coefficient (Wildman–Crippen LogP) is 9.25. The fourth-order valence-corrected chi connectivity index (χ4v) is 7.16. The normalized spacial score (nSPS) is 33.7. The fraction of sp³-hybridized carbons (Fsp3) is 0.967. The van der Waals surface area contributed by atoms with Gasteiger partial charge >= 0.3 is 5.97 Å². The molecule has 0 aromatic rings. The van der Waals surface area contributed by atoms with Crippen LogP contribution in [0.25, 0.3) is 0 Å². The molecular weight excluding hydrogens is 392 g/mol. The zero-order valence-corrected chi connectivity index (χ0v) is 21.6. The molecule has 0 bridgehead atoms. The van der Waals surface area contributed by atoms with Crippen molar-refractivity contribution >= 4 is 5.97 Å². The lowest BCUT2D eigenvalue weighted by Gasteiger charge is -2.38. The second kappa shape index (κ2) is 14.7. The average molecular weight is 447 g/mol. The number of carbonyl (C=O) groups excluding carboxylic acids is 1. The van der Waals surface area contributed by atoms with Gasteiger partial charge in [0.1, 0.15) is 6.10 Å². The van der Waals surface area contributed by atoms with Crippen molar-refractivity contribution in [1.82, 2.24) is 0 Å². The molecule has 186 valence electrons. The third kappa shape index (κ3) is 9.02. The van der Waals surface area contributed by atoms with E-state index in [1.54, 1.807) is 0 Å². The summed E-state index contributed by atoms with van der Waals surface area (Å²) in [4.78, 5) is 11.9. The number of ether oxygens (including phenoxy) is 1. The molecule has 0 amide bonds. The molecule has 3 aliphatic carbocycles. The minimum Gasteiger partial charge on any atom is -0.462 e. The fourth-order valence-electron chi connectivity index (χ4n) is 7.16. The van der Waals surface area contributed by atoms with Gasteiger partial charge in [-0.3, -0.25) is 4.79 Å². The Balaban J connectivity index is 1.24. The van der Waals surface area contributed by atoms with Crippen LogP contribution in [0.1, 0.15) is 149 Å². The number of hydrogen-bond donors (Lipinski definition) is 0. The monoisotopic (exact) mass is 446 g/mol. The summed E-state index contributed by atoms with van der Waals surface area (Å²) >= 11 is 0. The highest BCUT2D eigenvalue weighted by molar-refractivity contribution is 5.69. The molecule has 2 heteroatoms. The molecule has 3 aliphatic rings. The Kier molecular flexibility index (Phi) is 12.0. The third-order valence-corrected chi connectivity index (χ3v) is 9.47. The zero-order chi connectivity index (χ0) is 22.6. The van der Waals surface area contributed by atoms with E-state index >= 15 is 0 Å². The third-order valence-electron chi connectivity index (χ3n) is 9.47. The summed E-state index contributed by atoms with van der Waals surface area (Å²) in [6, 6.07) is 0. The van der Waals surface area contributed by atoms with Crippen LogP contribution >= 0.6 is 0 Å². The van der Waals surface area contributed by atoms with E-state index in [1.807, 2.05) is 0 Å². The summed E-state index contributed by atoms with van der Waals surface area (Å²) in [7, 11) is 0. The van der Waals surface area contributed by atoms with Gasteiger partial charge in [-0.15, -0.1) is 0 Å². The van der Waals surface area contributed by atoms with Crippen LogP contribution in [0, 0.1) is 29.6 Å². The average Bonchev–Trinajstić information content (AvgIpc) is 2.83. The van der Waals surface area contributed by atoms with Crippen molar-refractivity contribution in [2.75, 3.05) is 0 Å². The largest absolute Gasteiger partial charge is 0.462 e. The minimum atomic E-state index is 0.0424. The Bertz CT molecular complexity index is 491. The lowest BCUT2D eigenvalue weighted by molar-refractivity contribution is -0.151. The summed E-state index contributed by atoms with van der Waals surface area (Å²) in [6.45, 7) is 4.46. The Morgan fingerprint density at radius 1 is 0.594 bits per heavy atom.